The maximum Gasteiger partial charge on any atom is 0.188 e. The molecule has 136 valence electrons. The van der Waals surface area contributed by atoms with Gasteiger partial charge >= 0.3 is 0 Å². The van der Waals surface area contributed by atoms with Gasteiger partial charge in [-0.1, -0.05) is 30.3 Å². The van der Waals surface area contributed by atoms with Crippen molar-refractivity contribution in [1.29, 1.82) is 0 Å². The molecule has 0 spiro atoms. The first kappa shape index (κ1) is 17.9. The van der Waals surface area contributed by atoms with Crippen LogP contribution in [0.4, 0.5) is 0 Å². The zero-order valence-electron chi connectivity index (χ0n) is 15.4. The SMILES string of the molecule is COc1ccc(CCNC(N)=NCCc2c(C)[nH]c3ccccc23)cc1. The van der Waals surface area contributed by atoms with Crippen LogP contribution >= 0.6 is 0 Å². The number of aromatic nitrogens is 1. The van der Waals surface area contributed by atoms with Crippen molar-refractivity contribution in [3.8, 4) is 5.75 Å². The summed E-state index contributed by atoms with van der Waals surface area (Å²) in [5, 5.41) is 4.45. The molecule has 5 nitrogen and oxygen atoms in total. The van der Waals surface area contributed by atoms with E-state index in [1.54, 1.807) is 7.11 Å². The summed E-state index contributed by atoms with van der Waals surface area (Å²) >= 11 is 0. The molecule has 5 heteroatoms. The molecule has 0 aliphatic rings. The second-order valence-electron chi connectivity index (χ2n) is 6.32. The Kier molecular flexibility index (Phi) is 5.79. The molecule has 0 aliphatic heterocycles. The number of H-pyrrole nitrogens is 1. The van der Waals surface area contributed by atoms with Crippen molar-refractivity contribution < 1.29 is 4.74 Å². The molecule has 4 N–H and O–H groups in total. The summed E-state index contributed by atoms with van der Waals surface area (Å²) in [6.45, 7) is 3.54. The molecular formula is C21H26N4O. The number of methoxy groups -OCH3 is 1. The summed E-state index contributed by atoms with van der Waals surface area (Å²) in [6.07, 6.45) is 1.76. The smallest absolute Gasteiger partial charge is 0.188 e. The molecule has 0 fully saturated rings. The van der Waals surface area contributed by atoms with E-state index in [2.05, 4.69) is 52.5 Å². The molecule has 0 atom stereocenters. The lowest BCUT2D eigenvalue weighted by Gasteiger charge is -2.07. The topological polar surface area (TPSA) is 75.4 Å². The fourth-order valence-corrected chi connectivity index (χ4v) is 3.13. The first-order valence-corrected chi connectivity index (χ1v) is 8.90. The van der Waals surface area contributed by atoms with Crippen LogP contribution in [0.5, 0.6) is 5.75 Å². The third kappa shape index (κ3) is 4.36. The molecule has 3 aromatic rings. The quantitative estimate of drug-likeness (QED) is 0.452. The summed E-state index contributed by atoms with van der Waals surface area (Å²) in [5.74, 6) is 1.37. The fraction of sp³-hybridized carbons (Fsp3) is 0.286. The molecule has 0 saturated carbocycles. The molecule has 0 unspecified atom stereocenters. The van der Waals surface area contributed by atoms with Crippen LogP contribution in [0.25, 0.3) is 10.9 Å². The van der Waals surface area contributed by atoms with Gasteiger partial charge in [0.15, 0.2) is 5.96 Å². The van der Waals surface area contributed by atoms with Gasteiger partial charge in [0.05, 0.1) is 7.11 Å². The number of guanidine groups is 1. The highest BCUT2D eigenvalue weighted by Gasteiger charge is 2.07. The van der Waals surface area contributed by atoms with E-state index in [1.165, 1.54) is 27.7 Å². The summed E-state index contributed by atoms with van der Waals surface area (Å²) in [4.78, 5) is 7.88. The highest BCUT2D eigenvalue weighted by molar-refractivity contribution is 5.84. The highest BCUT2D eigenvalue weighted by atomic mass is 16.5. The van der Waals surface area contributed by atoms with Crippen LogP contribution in [0.3, 0.4) is 0 Å². The van der Waals surface area contributed by atoms with Crippen molar-refractivity contribution in [2.75, 3.05) is 20.2 Å². The molecule has 0 bridgehead atoms. The molecule has 0 radical (unpaired) electrons. The Hall–Kier alpha value is -2.95. The van der Waals surface area contributed by atoms with Gasteiger partial charge in [-0.2, -0.15) is 0 Å². The number of aliphatic imine (C=N–C) groups is 1. The number of nitrogens with two attached hydrogens (primary N) is 1. The van der Waals surface area contributed by atoms with Crippen LogP contribution < -0.4 is 15.8 Å². The number of aryl methyl sites for hydroxylation is 1. The number of nitrogens with one attached hydrogen (secondary N) is 2. The van der Waals surface area contributed by atoms with Gasteiger partial charge in [-0.3, -0.25) is 4.99 Å². The number of nitrogens with zero attached hydrogens (tertiary/aromatic N) is 1. The van der Waals surface area contributed by atoms with E-state index in [-0.39, 0.29) is 0 Å². The second-order valence-corrected chi connectivity index (χ2v) is 6.32. The van der Waals surface area contributed by atoms with Crippen molar-refractivity contribution >= 4 is 16.9 Å². The van der Waals surface area contributed by atoms with E-state index in [4.69, 9.17) is 10.5 Å². The number of para-hydroxylation sites is 1. The Morgan fingerprint density at radius 1 is 1.12 bits per heavy atom. The monoisotopic (exact) mass is 350 g/mol. The minimum absolute atomic E-state index is 0.496. The normalized spacial score (nSPS) is 11.7. The Balaban J connectivity index is 1.48. The van der Waals surface area contributed by atoms with E-state index in [0.29, 0.717) is 12.5 Å². The standard InChI is InChI=1S/C21H26N4O/c1-15-18(19-5-3-4-6-20(19)25-15)12-14-24-21(22)23-13-11-16-7-9-17(26-2)10-8-16/h3-10,25H,11-14H2,1-2H3,(H3,22,23,24). The Morgan fingerprint density at radius 3 is 2.65 bits per heavy atom. The fourth-order valence-electron chi connectivity index (χ4n) is 3.13. The van der Waals surface area contributed by atoms with E-state index >= 15 is 0 Å². The lowest BCUT2D eigenvalue weighted by molar-refractivity contribution is 0.414. The van der Waals surface area contributed by atoms with Crippen LogP contribution in [-0.4, -0.2) is 31.1 Å². The van der Waals surface area contributed by atoms with Gasteiger partial charge in [0, 0.05) is 29.7 Å². The molecule has 1 aromatic heterocycles. The Labute approximate surface area is 154 Å². The van der Waals surface area contributed by atoms with E-state index in [9.17, 15) is 0 Å². The van der Waals surface area contributed by atoms with Gasteiger partial charge in [0.25, 0.3) is 0 Å². The number of ether oxygens (including phenoxy) is 1. The van der Waals surface area contributed by atoms with Crippen molar-refractivity contribution in [2.45, 2.75) is 19.8 Å². The molecule has 3 rings (SSSR count). The van der Waals surface area contributed by atoms with Crippen LogP contribution in [0.2, 0.25) is 0 Å². The first-order valence-electron chi connectivity index (χ1n) is 8.90. The maximum atomic E-state index is 5.98. The first-order chi connectivity index (χ1) is 12.7. The van der Waals surface area contributed by atoms with Crippen LogP contribution in [0, 0.1) is 6.92 Å². The molecule has 0 aliphatic carbocycles. The summed E-state index contributed by atoms with van der Waals surface area (Å²) < 4.78 is 5.16. The predicted octanol–water partition coefficient (Wildman–Crippen LogP) is 3.17. The lowest BCUT2D eigenvalue weighted by atomic mass is 10.1. The number of hydrogen-bond acceptors (Lipinski definition) is 2. The van der Waals surface area contributed by atoms with Crippen molar-refractivity contribution in [1.82, 2.24) is 10.3 Å². The molecule has 0 saturated heterocycles. The molecule has 26 heavy (non-hydrogen) atoms. The van der Waals surface area contributed by atoms with E-state index in [1.807, 2.05) is 18.2 Å². The van der Waals surface area contributed by atoms with Gasteiger partial charge < -0.3 is 20.8 Å². The minimum Gasteiger partial charge on any atom is -0.497 e. The number of aromatic amines is 1. The van der Waals surface area contributed by atoms with E-state index in [0.717, 1.165) is 25.1 Å². The zero-order chi connectivity index (χ0) is 18.4. The van der Waals surface area contributed by atoms with Gasteiger partial charge in [-0.25, -0.2) is 0 Å². The molecule has 2 aromatic carbocycles. The largest absolute Gasteiger partial charge is 0.497 e. The third-order valence-corrected chi connectivity index (χ3v) is 4.55. The van der Waals surface area contributed by atoms with Gasteiger partial charge in [0.2, 0.25) is 0 Å². The highest BCUT2D eigenvalue weighted by Crippen LogP contribution is 2.22. The lowest BCUT2D eigenvalue weighted by Crippen LogP contribution is -2.33. The Bertz CT molecular complexity index is 881. The average molecular weight is 350 g/mol. The molecule has 0 amide bonds. The average Bonchev–Trinajstić information content (AvgIpc) is 2.98. The van der Waals surface area contributed by atoms with Crippen LogP contribution in [0.15, 0.2) is 53.5 Å². The second kappa shape index (κ2) is 8.43. The predicted molar refractivity (Wildman–Crippen MR) is 108 cm³/mol. The molecular weight excluding hydrogens is 324 g/mol. The Morgan fingerprint density at radius 2 is 1.88 bits per heavy atom. The number of rotatable bonds is 7. The maximum absolute atomic E-state index is 5.98. The third-order valence-electron chi connectivity index (χ3n) is 4.55. The number of benzene rings is 2. The van der Waals surface area contributed by atoms with Crippen LogP contribution in [-0.2, 0) is 12.8 Å². The van der Waals surface area contributed by atoms with E-state index < -0.39 is 0 Å². The van der Waals surface area contributed by atoms with Gasteiger partial charge in [-0.15, -0.1) is 0 Å². The van der Waals surface area contributed by atoms with Crippen molar-refractivity contribution in [2.24, 2.45) is 10.7 Å². The van der Waals surface area contributed by atoms with Crippen molar-refractivity contribution in [3.05, 3.63) is 65.4 Å². The molecule has 1 heterocycles. The summed E-state index contributed by atoms with van der Waals surface area (Å²) in [6, 6.07) is 16.4. The summed E-state index contributed by atoms with van der Waals surface area (Å²) in [7, 11) is 1.67. The number of fused-ring (bicyclic) bond motifs is 1. The summed E-state index contributed by atoms with van der Waals surface area (Å²) in [5.41, 5.74) is 10.9. The number of hydrogen-bond donors (Lipinski definition) is 3. The van der Waals surface area contributed by atoms with Crippen molar-refractivity contribution in [3.63, 3.8) is 0 Å². The van der Waals surface area contributed by atoms with Crippen LogP contribution in [0.1, 0.15) is 16.8 Å². The van der Waals surface area contributed by atoms with Gasteiger partial charge in [0.1, 0.15) is 5.75 Å². The van der Waals surface area contributed by atoms with Gasteiger partial charge in [-0.05, 0) is 49.1 Å². The minimum atomic E-state index is 0.496. The zero-order valence-corrected chi connectivity index (χ0v) is 15.4.